The zero-order valence-corrected chi connectivity index (χ0v) is 20.8. The van der Waals surface area contributed by atoms with Crippen molar-refractivity contribution in [3.63, 3.8) is 0 Å². The molecule has 0 radical (unpaired) electrons. The summed E-state index contributed by atoms with van der Waals surface area (Å²) in [7, 11) is -3.57. The van der Waals surface area contributed by atoms with E-state index in [-0.39, 0.29) is 10.9 Å². The minimum absolute atomic E-state index is 0.124. The van der Waals surface area contributed by atoms with Crippen LogP contribution in [0, 0.1) is 0 Å². The van der Waals surface area contributed by atoms with Gasteiger partial charge in [0, 0.05) is 31.1 Å². The summed E-state index contributed by atoms with van der Waals surface area (Å²) in [4.78, 5) is 4.60. The molecule has 0 saturated carbocycles. The average Bonchev–Trinajstić information content (AvgIpc) is 3.44. The molecule has 0 N–H and O–H groups in total. The third-order valence-electron chi connectivity index (χ3n) is 5.28. The van der Waals surface area contributed by atoms with Gasteiger partial charge >= 0.3 is 0 Å². The van der Waals surface area contributed by atoms with Crippen LogP contribution in [0.15, 0.2) is 38.8 Å². The lowest BCUT2D eigenvalue weighted by Gasteiger charge is -2.19. The van der Waals surface area contributed by atoms with Crippen LogP contribution in [0.5, 0.6) is 0 Å². The Morgan fingerprint density at radius 3 is 2.53 bits per heavy atom. The van der Waals surface area contributed by atoms with Gasteiger partial charge in [-0.25, -0.2) is 8.42 Å². The van der Waals surface area contributed by atoms with Crippen LogP contribution in [-0.4, -0.2) is 50.7 Å². The van der Waals surface area contributed by atoms with Crippen molar-refractivity contribution in [1.29, 1.82) is 0 Å². The normalized spacial score (nSPS) is 13.1. The van der Waals surface area contributed by atoms with Crippen molar-refractivity contribution in [1.82, 2.24) is 29.2 Å². The maximum absolute atomic E-state index is 13.0. The predicted molar refractivity (Wildman–Crippen MR) is 124 cm³/mol. The molecule has 174 valence electrons. The standard InChI is InChI=1S/C21H30N6O3S2/c1-6-15(5)27-20(23-24-21(27)31-14-19-22-18(7-2)25-30-19)16-11-10-12-17(13-16)32(28,29)26(8-3)9-4/h10-13,15H,6-9,14H2,1-5H3. The first kappa shape index (κ1) is 24.4. The van der Waals surface area contributed by atoms with E-state index in [0.29, 0.717) is 48.4 Å². The van der Waals surface area contributed by atoms with E-state index in [2.05, 4.69) is 34.2 Å². The monoisotopic (exact) mass is 478 g/mol. The number of aromatic nitrogens is 5. The van der Waals surface area contributed by atoms with Gasteiger partial charge in [0.25, 0.3) is 0 Å². The minimum Gasteiger partial charge on any atom is -0.338 e. The Morgan fingerprint density at radius 2 is 1.91 bits per heavy atom. The van der Waals surface area contributed by atoms with Gasteiger partial charge in [-0.15, -0.1) is 10.2 Å². The number of aryl methyl sites for hydroxylation is 1. The number of benzene rings is 1. The number of nitrogens with zero attached hydrogens (tertiary/aromatic N) is 6. The number of rotatable bonds is 11. The molecule has 3 aromatic rings. The Balaban J connectivity index is 1.96. The SMILES string of the molecule is CCc1noc(CSc2nnc(-c3cccc(S(=O)(=O)N(CC)CC)c3)n2C(C)CC)n1. The summed E-state index contributed by atoms with van der Waals surface area (Å²) in [6.45, 7) is 10.7. The number of hydrogen-bond donors (Lipinski definition) is 0. The van der Waals surface area contributed by atoms with E-state index in [9.17, 15) is 8.42 Å². The highest BCUT2D eigenvalue weighted by atomic mass is 32.2. The van der Waals surface area contributed by atoms with Gasteiger partial charge in [-0.1, -0.05) is 56.7 Å². The average molecular weight is 479 g/mol. The molecule has 9 nitrogen and oxygen atoms in total. The molecular formula is C21H30N6O3S2. The van der Waals surface area contributed by atoms with E-state index in [1.165, 1.54) is 16.1 Å². The van der Waals surface area contributed by atoms with Crippen LogP contribution >= 0.6 is 11.8 Å². The molecule has 32 heavy (non-hydrogen) atoms. The molecule has 3 rings (SSSR count). The predicted octanol–water partition coefficient (Wildman–Crippen LogP) is 4.18. The van der Waals surface area contributed by atoms with E-state index in [1.807, 2.05) is 31.4 Å². The Kier molecular flexibility index (Phi) is 8.07. The smallest absolute Gasteiger partial charge is 0.243 e. The Hall–Kier alpha value is -2.24. The highest BCUT2D eigenvalue weighted by molar-refractivity contribution is 7.98. The van der Waals surface area contributed by atoms with Crippen molar-refractivity contribution in [2.24, 2.45) is 0 Å². The molecule has 0 saturated heterocycles. The molecule has 0 aliphatic heterocycles. The van der Waals surface area contributed by atoms with Gasteiger partial charge in [-0.3, -0.25) is 4.57 Å². The van der Waals surface area contributed by atoms with Crippen LogP contribution in [0.2, 0.25) is 0 Å². The third-order valence-corrected chi connectivity index (χ3v) is 8.26. The molecule has 0 spiro atoms. The highest BCUT2D eigenvalue weighted by Crippen LogP contribution is 2.31. The number of thioether (sulfide) groups is 1. The first-order chi connectivity index (χ1) is 15.3. The molecule has 2 aromatic heterocycles. The highest BCUT2D eigenvalue weighted by Gasteiger charge is 2.24. The Labute approximate surface area is 193 Å². The second-order valence-corrected chi connectivity index (χ2v) is 10.2. The van der Waals surface area contributed by atoms with Crippen LogP contribution in [-0.2, 0) is 22.2 Å². The largest absolute Gasteiger partial charge is 0.338 e. The van der Waals surface area contributed by atoms with E-state index >= 15 is 0 Å². The molecule has 0 bridgehead atoms. The summed E-state index contributed by atoms with van der Waals surface area (Å²) in [5.74, 6) is 2.34. The molecule has 1 unspecified atom stereocenters. The molecule has 0 aliphatic rings. The Bertz CT molecular complexity index is 1140. The van der Waals surface area contributed by atoms with Crippen LogP contribution < -0.4 is 0 Å². The van der Waals surface area contributed by atoms with Gasteiger partial charge in [-0.2, -0.15) is 9.29 Å². The topological polar surface area (TPSA) is 107 Å². The fourth-order valence-corrected chi connectivity index (χ4v) is 5.66. The van der Waals surface area contributed by atoms with Gasteiger partial charge < -0.3 is 4.52 Å². The zero-order chi connectivity index (χ0) is 23.3. The third kappa shape index (κ3) is 5.05. The van der Waals surface area contributed by atoms with Gasteiger partial charge in [0.2, 0.25) is 15.9 Å². The van der Waals surface area contributed by atoms with E-state index in [0.717, 1.165) is 11.6 Å². The minimum atomic E-state index is -3.57. The Morgan fingerprint density at radius 1 is 1.16 bits per heavy atom. The molecule has 1 atom stereocenters. The van der Waals surface area contributed by atoms with Crippen LogP contribution in [0.1, 0.15) is 58.8 Å². The fraction of sp³-hybridized carbons (Fsp3) is 0.524. The van der Waals surface area contributed by atoms with E-state index < -0.39 is 10.0 Å². The summed E-state index contributed by atoms with van der Waals surface area (Å²) in [5, 5.41) is 13.5. The lowest BCUT2D eigenvalue weighted by molar-refractivity contribution is 0.385. The molecule has 2 heterocycles. The quantitative estimate of drug-likeness (QED) is 0.378. The summed E-state index contributed by atoms with van der Waals surface area (Å²) in [6, 6.07) is 7.04. The van der Waals surface area contributed by atoms with Crippen molar-refractivity contribution in [3.05, 3.63) is 36.0 Å². The maximum Gasteiger partial charge on any atom is 0.243 e. The van der Waals surface area contributed by atoms with Gasteiger partial charge in [0.1, 0.15) is 0 Å². The first-order valence-electron chi connectivity index (χ1n) is 10.8. The van der Waals surface area contributed by atoms with Crippen LogP contribution in [0.3, 0.4) is 0 Å². The lowest BCUT2D eigenvalue weighted by atomic mass is 10.2. The first-order valence-corrected chi connectivity index (χ1v) is 13.3. The van der Waals surface area contributed by atoms with Crippen molar-refractivity contribution in [2.45, 2.75) is 69.3 Å². The fourth-order valence-electron chi connectivity index (χ4n) is 3.28. The number of hydrogen-bond acceptors (Lipinski definition) is 8. The van der Waals surface area contributed by atoms with E-state index in [1.54, 1.807) is 18.2 Å². The number of sulfonamides is 1. The maximum atomic E-state index is 13.0. The summed E-state index contributed by atoms with van der Waals surface area (Å²) in [6.07, 6.45) is 1.59. The molecule has 1 aromatic carbocycles. The van der Waals surface area contributed by atoms with Gasteiger partial charge in [-0.05, 0) is 25.5 Å². The van der Waals surface area contributed by atoms with Gasteiger partial charge in [0.15, 0.2) is 16.8 Å². The molecule has 0 aliphatic carbocycles. The second kappa shape index (κ2) is 10.6. The van der Waals surface area contributed by atoms with Crippen molar-refractivity contribution < 1.29 is 12.9 Å². The van der Waals surface area contributed by atoms with Crippen LogP contribution in [0.25, 0.3) is 11.4 Å². The molecular weight excluding hydrogens is 448 g/mol. The summed E-state index contributed by atoms with van der Waals surface area (Å²) in [5.41, 5.74) is 0.712. The van der Waals surface area contributed by atoms with Crippen molar-refractivity contribution in [2.75, 3.05) is 13.1 Å². The van der Waals surface area contributed by atoms with Crippen molar-refractivity contribution in [3.8, 4) is 11.4 Å². The summed E-state index contributed by atoms with van der Waals surface area (Å²) >= 11 is 1.47. The van der Waals surface area contributed by atoms with Gasteiger partial charge in [0.05, 0.1) is 10.6 Å². The van der Waals surface area contributed by atoms with Crippen molar-refractivity contribution >= 4 is 21.8 Å². The summed E-state index contributed by atoms with van der Waals surface area (Å²) < 4.78 is 34.8. The van der Waals surface area contributed by atoms with E-state index in [4.69, 9.17) is 4.52 Å². The zero-order valence-electron chi connectivity index (χ0n) is 19.1. The molecule has 0 amide bonds. The molecule has 11 heteroatoms. The van der Waals surface area contributed by atoms with Crippen LogP contribution in [0.4, 0.5) is 0 Å². The second-order valence-electron chi connectivity index (χ2n) is 7.30. The molecule has 0 fully saturated rings. The lowest BCUT2D eigenvalue weighted by Crippen LogP contribution is -2.30.